The smallest absolute Gasteiger partial charge is 0.0232 e. The molecule has 0 N–H and O–H groups in total. The highest BCUT2D eigenvalue weighted by Crippen LogP contribution is 2.16. The molecule has 2 heteroatoms. The zero-order valence-electron chi connectivity index (χ0n) is 9.58. The molecule has 0 aliphatic carbocycles. The fraction of sp³-hybridized carbons (Fsp3) is 1.00. The molecule has 1 fully saturated rings. The Kier molecular flexibility index (Phi) is 4.20. The van der Waals surface area contributed by atoms with Crippen molar-refractivity contribution in [2.75, 3.05) is 26.7 Å². The van der Waals surface area contributed by atoms with Crippen LogP contribution in [0.15, 0.2) is 0 Å². The summed E-state index contributed by atoms with van der Waals surface area (Å²) < 4.78 is 0. The largest absolute Gasteiger partial charge is 0.302 e. The minimum atomic E-state index is 0.722. The molecule has 0 bridgehead atoms. The molecule has 1 saturated heterocycles. The van der Waals surface area contributed by atoms with Crippen molar-refractivity contribution in [1.82, 2.24) is 9.80 Å². The van der Waals surface area contributed by atoms with Crippen molar-refractivity contribution in [3.63, 3.8) is 0 Å². The fourth-order valence-electron chi connectivity index (χ4n) is 2.13. The van der Waals surface area contributed by atoms with Gasteiger partial charge in [0.25, 0.3) is 0 Å². The van der Waals surface area contributed by atoms with Gasteiger partial charge >= 0.3 is 0 Å². The van der Waals surface area contributed by atoms with E-state index in [0.29, 0.717) is 0 Å². The summed E-state index contributed by atoms with van der Waals surface area (Å²) in [5.41, 5.74) is 0. The van der Waals surface area contributed by atoms with Gasteiger partial charge in [0.1, 0.15) is 0 Å². The van der Waals surface area contributed by atoms with E-state index in [9.17, 15) is 0 Å². The highest BCUT2D eigenvalue weighted by atomic mass is 15.2. The monoisotopic (exact) mass is 184 g/mol. The van der Waals surface area contributed by atoms with Gasteiger partial charge in [-0.2, -0.15) is 0 Å². The van der Waals surface area contributed by atoms with Crippen LogP contribution in [-0.4, -0.2) is 48.6 Å². The highest BCUT2D eigenvalue weighted by molar-refractivity contribution is 4.83. The Hall–Kier alpha value is -0.0800. The van der Waals surface area contributed by atoms with Gasteiger partial charge in [0.15, 0.2) is 0 Å². The van der Waals surface area contributed by atoms with E-state index in [4.69, 9.17) is 0 Å². The van der Waals surface area contributed by atoms with Crippen LogP contribution < -0.4 is 0 Å². The second-order valence-corrected chi connectivity index (χ2v) is 4.51. The summed E-state index contributed by atoms with van der Waals surface area (Å²) in [4.78, 5) is 5.10. The number of hydrogen-bond donors (Lipinski definition) is 0. The van der Waals surface area contributed by atoms with Crippen LogP contribution in [0.1, 0.15) is 33.6 Å². The van der Waals surface area contributed by atoms with Gasteiger partial charge in [-0.25, -0.2) is 0 Å². The van der Waals surface area contributed by atoms with Crippen LogP contribution in [-0.2, 0) is 0 Å². The van der Waals surface area contributed by atoms with Crippen LogP contribution in [0.25, 0.3) is 0 Å². The maximum absolute atomic E-state index is 2.58. The standard InChI is InChI=1S/C11H24N2/c1-5-7-12(4)11-6-8-13(9-11)10(2)3/h10-11H,5-9H2,1-4H3. The van der Waals surface area contributed by atoms with Crippen LogP contribution >= 0.6 is 0 Å². The van der Waals surface area contributed by atoms with Crippen molar-refractivity contribution in [1.29, 1.82) is 0 Å². The van der Waals surface area contributed by atoms with E-state index < -0.39 is 0 Å². The summed E-state index contributed by atoms with van der Waals surface area (Å²) in [5.74, 6) is 0. The van der Waals surface area contributed by atoms with E-state index in [1.165, 1.54) is 32.5 Å². The Morgan fingerprint density at radius 2 is 2.15 bits per heavy atom. The molecule has 0 radical (unpaired) electrons. The molecule has 1 aliphatic heterocycles. The first-order valence-corrected chi connectivity index (χ1v) is 5.59. The predicted molar refractivity (Wildman–Crippen MR) is 58.0 cm³/mol. The van der Waals surface area contributed by atoms with Crippen molar-refractivity contribution in [2.24, 2.45) is 0 Å². The lowest BCUT2D eigenvalue weighted by atomic mass is 10.2. The average Bonchev–Trinajstić information content (AvgIpc) is 2.52. The minimum Gasteiger partial charge on any atom is -0.302 e. The molecule has 0 spiro atoms. The average molecular weight is 184 g/mol. The summed E-state index contributed by atoms with van der Waals surface area (Å²) in [5, 5.41) is 0. The lowest BCUT2D eigenvalue weighted by Gasteiger charge is -2.25. The van der Waals surface area contributed by atoms with Crippen LogP contribution in [0, 0.1) is 0 Å². The Labute approximate surface area is 82.9 Å². The second kappa shape index (κ2) is 4.97. The van der Waals surface area contributed by atoms with Gasteiger partial charge in [-0.3, -0.25) is 4.90 Å². The summed E-state index contributed by atoms with van der Waals surface area (Å²) in [7, 11) is 2.26. The molecule has 0 amide bonds. The quantitative estimate of drug-likeness (QED) is 0.657. The number of likely N-dealkylation sites (N-methyl/N-ethyl adjacent to an activating group) is 1. The predicted octanol–water partition coefficient (Wildman–Crippen LogP) is 1.81. The molecule has 2 nitrogen and oxygen atoms in total. The first-order valence-electron chi connectivity index (χ1n) is 5.59. The van der Waals surface area contributed by atoms with E-state index in [2.05, 4.69) is 37.6 Å². The molecule has 78 valence electrons. The molecular formula is C11H24N2. The summed E-state index contributed by atoms with van der Waals surface area (Å²) >= 11 is 0. The number of likely N-dealkylation sites (tertiary alicyclic amines) is 1. The van der Waals surface area contributed by atoms with Crippen LogP contribution in [0.5, 0.6) is 0 Å². The topological polar surface area (TPSA) is 6.48 Å². The van der Waals surface area contributed by atoms with Gasteiger partial charge in [0.05, 0.1) is 0 Å². The molecule has 1 rings (SSSR count). The van der Waals surface area contributed by atoms with Crippen molar-refractivity contribution >= 4 is 0 Å². The van der Waals surface area contributed by atoms with Crippen LogP contribution in [0.4, 0.5) is 0 Å². The normalized spacial score (nSPS) is 24.9. The van der Waals surface area contributed by atoms with Crippen molar-refractivity contribution < 1.29 is 0 Å². The van der Waals surface area contributed by atoms with Gasteiger partial charge in [0, 0.05) is 25.2 Å². The number of rotatable bonds is 4. The van der Waals surface area contributed by atoms with E-state index in [1.54, 1.807) is 0 Å². The molecular weight excluding hydrogens is 160 g/mol. The second-order valence-electron chi connectivity index (χ2n) is 4.51. The SMILES string of the molecule is CCCN(C)C1CCN(C(C)C)C1. The van der Waals surface area contributed by atoms with E-state index in [0.717, 1.165) is 12.1 Å². The fourth-order valence-corrected chi connectivity index (χ4v) is 2.13. The third kappa shape index (κ3) is 2.96. The molecule has 13 heavy (non-hydrogen) atoms. The van der Waals surface area contributed by atoms with E-state index in [-0.39, 0.29) is 0 Å². The Morgan fingerprint density at radius 1 is 1.46 bits per heavy atom. The number of hydrogen-bond acceptors (Lipinski definition) is 2. The first-order chi connectivity index (χ1) is 6.15. The Morgan fingerprint density at radius 3 is 2.62 bits per heavy atom. The molecule has 0 saturated carbocycles. The van der Waals surface area contributed by atoms with E-state index >= 15 is 0 Å². The zero-order chi connectivity index (χ0) is 9.84. The van der Waals surface area contributed by atoms with Gasteiger partial charge < -0.3 is 4.90 Å². The Balaban J connectivity index is 2.31. The maximum atomic E-state index is 2.58. The van der Waals surface area contributed by atoms with Crippen molar-refractivity contribution in [3.05, 3.63) is 0 Å². The first kappa shape index (κ1) is 11.0. The lowest BCUT2D eigenvalue weighted by Crippen LogP contribution is -2.36. The van der Waals surface area contributed by atoms with Gasteiger partial charge in [0.2, 0.25) is 0 Å². The third-order valence-corrected chi connectivity index (χ3v) is 3.12. The summed E-state index contributed by atoms with van der Waals surface area (Å²) in [6.07, 6.45) is 2.63. The maximum Gasteiger partial charge on any atom is 0.0232 e. The lowest BCUT2D eigenvalue weighted by molar-refractivity contribution is 0.214. The molecule has 1 heterocycles. The molecule has 0 aromatic heterocycles. The van der Waals surface area contributed by atoms with Gasteiger partial charge in [-0.15, -0.1) is 0 Å². The molecule has 1 atom stereocenters. The summed E-state index contributed by atoms with van der Waals surface area (Å²) in [6.45, 7) is 10.7. The van der Waals surface area contributed by atoms with Gasteiger partial charge in [-0.05, 0) is 40.3 Å². The Bertz CT molecular complexity index is 145. The van der Waals surface area contributed by atoms with Gasteiger partial charge in [-0.1, -0.05) is 6.92 Å². The highest BCUT2D eigenvalue weighted by Gasteiger charge is 2.26. The van der Waals surface area contributed by atoms with Crippen molar-refractivity contribution in [2.45, 2.75) is 45.7 Å². The minimum absolute atomic E-state index is 0.722. The molecule has 0 aromatic carbocycles. The summed E-state index contributed by atoms with van der Waals surface area (Å²) in [6, 6.07) is 1.53. The van der Waals surface area contributed by atoms with E-state index in [1.807, 2.05) is 0 Å². The van der Waals surface area contributed by atoms with Crippen LogP contribution in [0.3, 0.4) is 0 Å². The zero-order valence-corrected chi connectivity index (χ0v) is 9.58. The molecule has 1 aliphatic rings. The third-order valence-electron chi connectivity index (χ3n) is 3.12. The molecule has 0 aromatic rings. The molecule has 1 unspecified atom stereocenters. The number of nitrogens with zero attached hydrogens (tertiary/aromatic N) is 2. The van der Waals surface area contributed by atoms with Crippen LogP contribution in [0.2, 0.25) is 0 Å². The van der Waals surface area contributed by atoms with Crippen molar-refractivity contribution in [3.8, 4) is 0 Å².